The summed E-state index contributed by atoms with van der Waals surface area (Å²) in [6, 6.07) is 6.22. The number of nitrogens with two attached hydrogens (primary N) is 1. The average molecular weight is 237 g/mol. The van der Waals surface area contributed by atoms with Crippen molar-refractivity contribution in [3.63, 3.8) is 0 Å². The molecule has 0 saturated heterocycles. The molecule has 3 nitrogen and oxygen atoms in total. The Morgan fingerprint density at radius 2 is 1.76 bits per heavy atom. The van der Waals surface area contributed by atoms with Crippen molar-refractivity contribution in [2.45, 2.75) is 38.6 Å². The molecule has 3 heteroatoms. The minimum absolute atomic E-state index is 0.0354. The zero-order valence-corrected chi connectivity index (χ0v) is 11.4. The molecular formula is C14H23NO2. The van der Waals surface area contributed by atoms with Crippen LogP contribution in [0.4, 0.5) is 0 Å². The van der Waals surface area contributed by atoms with Crippen molar-refractivity contribution in [2.75, 3.05) is 14.2 Å². The smallest absolute Gasteiger partial charge is 0.161 e. The van der Waals surface area contributed by atoms with E-state index in [1.54, 1.807) is 14.2 Å². The van der Waals surface area contributed by atoms with Crippen molar-refractivity contribution in [1.29, 1.82) is 0 Å². The summed E-state index contributed by atoms with van der Waals surface area (Å²) in [5, 5.41) is 0. The predicted octanol–water partition coefficient (Wildman–Crippen LogP) is 2.72. The molecule has 0 fully saturated rings. The van der Waals surface area contributed by atoms with Crippen LogP contribution in [-0.4, -0.2) is 20.3 Å². The molecule has 0 saturated carbocycles. The number of methoxy groups -OCH3 is 2. The minimum Gasteiger partial charge on any atom is -0.493 e. The van der Waals surface area contributed by atoms with E-state index in [0.29, 0.717) is 0 Å². The van der Waals surface area contributed by atoms with Gasteiger partial charge in [0.2, 0.25) is 0 Å². The molecule has 0 amide bonds. The fraction of sp³-hybridized carbons (Fsp3) is 0.571. The van der Waals surface area contributed by atoms with E-state index in [9.17, 15) is 0 Å². The van der Waals surface area contributed by atoms with Crippen LogP contribution in [0.15, 0.2) is 18.2 Å². The van der Waals surface area contributed by atoms with Crippen molar-refractivity contribution < 1.29 is 9.47 Å². The van der Waals surface area contributed by atoms with Crippen LogP contribution in [0.1, 0.15) is 32.8 Å². The van der Waals surface area contributed by atoms with Crippen molar-refractivity contribution in [2.24, 2.45) is 5.73 Å². The van der Waals surface area contributed by atoms with Gasteiger partial charge in [-0.25, -0.2) is 0 Å². The first-order chi connectivity index (χ1) is 7.90. The normalized spacial score (nSPS) is 13.3. The lowest BCUT2D eigenvalue weighted by atomic mass is 9.79. The van der Waals surface area contributed by atoms with Crippen LogP contribution in [0.3, 0.4) is 0 Å². The van der Waals surface area contributed by atoms with Crippen LogP contribution < -0.4 is 15.2 Å². The summed E-state index contributed by atoms with van der Waals surface area (Å²) >= 11 is 0. The van der Waals surface area contributed by atoms with Gasteiger partial charge in [-0.15, -0.1) is 0 Å². The standard InChI is InChI=1S/C14H23NO2/c1-10(15)9-14(2,3)11-6-7-12(16-4)13(8-11)17-5/h6-8,10H,9,15H2,1-5H3. The highest BCUT2D eigenvalue weighted by Gasteiger charge is 2.23. The molecule has 0 spiro atoms. The van der Waals surface area contributed by atoms with Gasteiger partial charge in [0.25, 0.3) is 0 Å². The van der Waals surface area contributed by atoms with E-state index in [1.807, 2.05) is 19.1 Å². The third kappa shape index (κ3) is 3.37. The second-order valence-electron chi connectivity index (χ2n) is 5.14. The van der Waals surface area contributed by atoms with Gasteiger partial charge >= 0.3 is 0 Å². The maximum absolute atomic E-state index is 5.89. The molecule has 0 aliphatic rings. The molecule has 0 aliphatic heterocycles. The summed E-state index contributed by atoms with van der Waals surface area (Å²) < 4.78 is 10.6. The predicted molar refractivity (Wildman–Crippen MR) is 70.8 cm³/mol. The Morgan fingerprint density at radius 1 is 1.18 bits per heavy atom. The quantitative estimate of drug-likeness (QED) is 0.856. The molecule has 1 unspecified atom stereocenters. The lowest BCUT2D eigenvalue weighted by molar-refractivity contribution is 0.352. The molecule has 1 rings (SSSR count). The van der Waals surface area contributed by atoms with Gasteiger partial charge in [0.1, 0.15) is 0 Å². The zero-order chi connectivity index (χ0) is 13.1. The van der Waals surface area contributed by atoms with Gasteiger partial charge in [-0.2, -0.15) is 0 Å². The molecule has 0 bridgehead atoms. The van der Waals surface area contributed by atoms with Crippen LogP contribution in [0.5, 0.6) is 11.5 Å². The Hall–Kier alpha value is -1.22. The Labute approximate surface area is 104 Å². The summed E-state index contributed by atoms with van der Waals surface area (Å²) in [6.45, 7) is 6.41. The summed E-state index contributed by atoms with van der Waals surface area (Å²) in [6.07, 6.45) is 0.933. The molecule has 1 aromatic carbocycles. The highest BCUT2D eigenvalue weighted by molar-refractivity contribution is 5.44. The van der Waals surface area contributed by atoms with Crippen LogP contribution in [0, 0.1) is 0 Å². The van der Waals surface area contributed by atoms with E-state index < -0.39 is 0 Å². The topological polar surface area (TPSA) is 44.5 Å². The van der Waals surface area contributed by atoms with Crippen LogP contribution in [0.2, 0.25) is 0 Å². The van der Waals surface area contributed by atoms with Crippen molar-refractivity contribution in [3.8, 4) is 11.5 Å². The SMILES string of the molecule is COc1ccc(C(C)(C)CC(C)N)cc1OC. The maximum Gasteiger partial charge on any atom is 0.161 e. The maximum atomic E-state index is 5.89. The summed E-state index contributed by atoms with van der Waals surface area (Å²) in [4.78, 5) is 0. The van der Waals surface area contributed by atoms with Crippen LogP contribution >= 0.6 is 0 Å². The summed E-state index contributed by atoms with van der Waals surface area (Å²) in [5.41, 5.74) is 7.14. The molecule has 0 heterocycles. The van der Waals surface area contributed by atoms with E-state index in [0.717, 1.165) is 17.9 Å². The molecule has 96 valence electrons. The Bertz CT molecular complexity index is 372. The lowest BCUT2D eigenvalue weighted by Crippen LogP contribution is -2.28. The fourth-order valence-electron chi connectivity index (χ4n) is 2.18. The molecule has 0 aromatic heterocycles. The van der Waals surface area contributed by atoms with Crippen LogP contribution in [0.25, 0.3) is 0 Å². The molecule has 1 aromatic rings. The number of benzene rings is 1. The first kappa shape index (κ1) is 13.8. The van der Waals surface area contributed by atoms with E-state index in [2.05, 4.69) is 19.9 Å². The van der Waals surface area contributed by atoms with Gasteiger partial charge < -0.3 is 15.2 Å². The van der Waals surface area contributed by atoms with Gasteiger partial charge in [-0.05, 0) is 36.5 Å². The molecule has 2 N–H and O–H groups in total. The number of hydrogen-bond donors (Lipinski definition) is 1. The van der Waals surface area contributed by atoms with E-state index in [1.165, 1.54) is 5.56 Å². The van der Waals surface area contributed by atoms with Crippen molar-refractivity contribution in [1.82, 2.24) is 0 Å². The monoisotopic (exact) mass is 237 g/mol. The van der Waals surface area contributed by atoms with Gasteiger partial charge in [0.15, 0.2) is 11.5 Å². The Balaban J connectivity index is 3.06. The molecule has 17 heavy (non-hydrogen) atoms. The fourth-order valence-corrected chi connectivity index (χ4v) is 2.18. The first-order valence-electron chi connectivity index (χ1n) is 5.89. The summed E-state index contributed by atoms with van der Waals surface area (Å²) in [7, 11) is 3.30. The minimum atomic E-state index is 0.0354. The molecule has 1 atom stereocenters. The van der Waals surface area contributed by atoms with E-state index >= 15 is 0 Å². The van der Waals surface area contributed by atoms with E-state index in [-0.39, 0.29) is 11.5 Å². The molecular weight excluding hydrogens is 214 g/mol. The lowest BCUT2D eigenvalue weighted by Gasteiger charge is -2.28. The second kappa shape index (κ2) is 5.41. The van der Waals surface area contributed by atoms with Crippen molar-refractivity contribution in [3.05, 3.63) is 23.8 Å². The third-order valence-electron chi connectivity index (χ3n) is 3.00. The Morgan fingerprint density at radius 3 is 2.24 bits per heavy atom. The van der Waals surface area contributed by atoms with E-state index in [4.69, 9.17) is 15.2 Å². The third-order valence-corrected chi connectivity index (χ3v) is 3.00. The summed E-state index contributed by atoms with van der Waals surface area (Å²) in [5.74, 6) is 1.52. The number of hydrogen-bond acceptors (Lipinski definition) is 3. The van der Waals surface area contributed by atoms with Crippen molar-refractivity contribution >= 4 is 0 Å². The zero-order valence-electron chi connectivity index (χ0n) is 11.4. The second-order valence-corrected chi connectivity index (χ2v) is 5.14. The largest absolute Gasteiger partial charge is 0.493 e. The van der Waals surface area contributed by atoms with Gasteiger partial charge in [0, 0.05) is 6.04 Å². The van der Waals surface area contributed by atoms with Crippen LogP contribution in [-0.2, 0) is 5.41 Å². The molecule has 0 aliphatic carbocycles. The Kier molecular flexibility index (Phi) is 4.40. The highest BCUT2D eigenvalue weighted by atomic mass is 16.5. The average Bonchev–Trinajstić information content (AvgIpc) is 2.26. The number of ether oxygens (including phenoxy) is 2. The number of rotatable bonds is 5. The van der Waals surface area contributed by atoms with Gasteiger partial charge in [-0.1, -0.05) is 19.9 Å². The first-order valence-corrected chi connectivity index (χ1v) is 5.89. The van der Waals surface area contributed by atoms with Gasteiger partial charge in [0.05, 0.1) is 14.2 Å². The van der Waals surface area contributed by atoms with Gasteiger partial charge in [-0.3, -0.25) is 0 Å². The highest BCUT2D eigenvalue weighted by Crippen LogP contribution is 2.35. The molecule has 0 radical (unpaired) electrons.